The summed E-state index contributed by atoms with van der Waals surface area (Å²) in [5, 5.41) is 23.3. The van der Waals surface area contributed by atoms with Crippen LogP contribution in [0.3, 0.4) is 0 Å². The summed E-state index contributed by atoms with van der Waals surface area (Å²) in [6.07, 6.45) is 102. The number of unbranched alkanes of at least 4 members (excludes halogenated alkanes) is 69. The molecule has 0 aliphatic heterocycles. The van der Waals surface area contributed by atoms with Crippen molar-refractivity contribution in [3.8, 4) is 0 Å². The summed E-state index contributed by atoms with van der Waals surface area (Å²) in [6.45, 7) is 4.97. The molecule has 0 aromatic rings. The summed E-state index contributed by atoms with van der Waals surface area (Å²) in [5.74, 6) is -0.0286. The number of esters is 1. The van der Waals surface area contributed by atoms with Crippen LogP contribution in [0.5, 0.6) is 0 Å². The summed E-state index contributed by atoms with van der Waals surface area (Å²) in [6, 6.07) is -0.623. The van der Waals surface area contributed by atoms with Gasteiger partial charge in [-0.1, -0.05) is 456 Å². The maximum Gasteiger partial charge on any atom is 0.305 e. The van der Waals surface area contributed by atoms with Gasteiger partial charge in [0, 0.05) is 12.8 Å². The molecule has 0 fully saturated rings. The van der Waals surface area contributed by atoms with Gasteiger partial charge in [-0.05, 0) is 32.1 Å². The molecule has 0 aliphatic carbocycles. The minimum absolute atomic E-state index is 0.0289. The quantitative estimate of drug-likeness (QED) is 0.0320. The van der Waals surface area contributed by atoms with Crippen molar-refractivity contribution in [1.82, 2.24) is 5.32 Å². The zero-order chi connectivity index (χ0) is 64.9. The molecule has 6 nitrogen and oxygen atoms in total. The smallest absolute Gasteiger partial charge is 0.305 e. The van der Waals surface area contributed by atoms with Crippen LogP contribution in [0.15, 0.2) is 12.2 Å². The molecule has 1 amide bonds. The van der Waals surface area contributed by atoms with Crippen LogP contribution in [0.4, 0.5) is 0 Å². The molecule has 0 bridgehead atoms. The van der Waals surface area contributed by atoms with Crippen LogP contribution in [0.2, 0.25) is 0 Å². The molecule has 3 N–H and O–H groups in total. The van der Waals surface area contributed by atoms with Gasteiger partial charge >= 0.3 is 5.97 Å². The molecule has 536 valence electrons. The van der Waals surface area contributed by atoms with E-state index in [9.17, 15) is 19.8 Å². The Kier molecular flexibility index (Phi) is 78.8. The van der Waals surface area contributed by atoms with Crippen molar-refractivity contribution in [3.63, 3.8) is 0 Å². The number of ether oxygens (including phenoxy) is 1. The molecule has 2 atom stereocenters. The van der Waals surface area contributed by atoms with Crippen molar-refractivity contribution in [2.75, 3.05) is 13.2 Å². The number of rotatable bonds is 80. The Balaban J connectivity index is 3.30. The first-order chi connectivity index (χ1) is 44.5. The van der Waals surface area contributed by atoms with E-state index < -0.39 is 12.1 Å². The Labute approximate surface area is 565 Å². The molecule has 0 aromatic heterocycles. The Morgan fingerprint density at radius 1 is 0.300 bits per heavy atom. The van der Waals surface area contributed by atoms with E-state index in [1.54, 1.807) is 6.08 Å². The summed E-state index contributed by atoms with van der Waals surface area (Å²) in [4.78, 5) is 24.7. The van der Waals surface area contributed by atoms with Crippen LogP contribution in [0.25, 0.3) is 0 Å². The lowest BCUT2D eigenvalue weighted by Crippen LogP contribution is -2.45. The number of aliphatic hydroxyl groups excluding tert-OH is 2. The fraction of sp³-hybridized carbons (Fsp3) is 0.952. The lowest BCUT2D eigenvalue weighted by Gasteiger charge is -2.20. The first-order valence-corrected chi connectivity index (χ1v) is 42.0. The van der Waals surface area contributed by atoms with Crippen molar-refractivity contribution >= 4 is 11.9 Å². The van der Waals surface area contributed by atoms with Gasteiger partial charge in [0.05, 0.1) is 25.4 Å². The molecular formula is C84H165NO5. The van der Waals surface area contributed by atoms with Gasteiger partial charge in [-0.3, -0.25) is 9.59 Å². The standard InChI is InChI=1S/C84H165NO5/c1-3-5-7-9-11-13-15-17-19-21-44-48-52-56-60-64-68-72-76-82(87)81(80-86)85-83(88)77-73-69-65-61-57-53-49-45-42-40-38-36-34-32-30-28-26-24-23-25-27-29-31-33-35-37-39-41-43-47-51-55-59-63-67-71-75-79-90-84(89)78-74-70-66-62-58-54-50-46-22-20-18-16-14-12-10-8-6-4-2/h72,76,81-82,86-87H,3-71,73-75,77-80H2,1-2H3,(H,85,88)/b76-72+. The molecule has 0 rings (SSSR count). The zero-order valence-electron chi connectivity index (χ0n) is 61.7. The van der Waals surface area contributed by atoms with Crippen LogP contribution in [-0.2, 0) is 14.3 Å². The van der Waals surface area contributed by atoms with Crippen LogP contribution >= 0.6 is 0 Å². The van der Waals surface area contributed by atoms with Gasteiger partial charge in [0.1, 0.15) is 0 Å². The predicted molar refractivity (Wildman–Crippen MR) is 398 cm³/mol. The first kappa shape index (κ1) is 88.6. The molecule has 2 unspecified atom stereocenters. The van der Waals surface area contributed by atoms with E-state index in [1.807, 2.05) is 6.08 Å². The normalized spacial score (nSPS) is 12.4. The molecule has 0 radical (unpaired) electrons. The lowest BCUT2D eigenvalue weighted by atomic mass is 10.0. The summed E-state index contributed by atoms with van der Waals surface area (Å²) in [5.41, 5.74) is 0. The monoisotopic (exact) mass is 1270 g/mol. The fourth-order valence-corrected chi connectivity index (χ4v) is 13.7. The van der Waals surface area contributed by atoms with Crippen LogP contribution < -0.4 is 5.32 Å². The molecule has 6 heteroatoms. The van der Waals surface area contributed by atoms with Gasteiger partial charge in [0.2, 0.25) is 5.91 Å². The Morgan fingerprint density at radius 2 is 0.511 bits per heavy atom. The van der Waals surface area contributed by atoms with E-state index in [0.717, 1.165) is 38.5 Å². The number of allylic oxidation sites excluding steroid dienone is 1. The Hall–Kier alpha value is -1.40. The maximum atomic E-state index is 12.5. The molecule has 0 spiro atoms. The number of hydrogen-bond acceptors (Lipinski definition) is 5. The van der Waals surface area contributed by atoms with Gasteiger partial charge in [-0.15, -0.1) is 0 Å². The molecule has 0 saturated heterocycles. The third-order valence-electron chi connectivity index (χ3n) is 20.1. The highest BCUT2D eigenvalue weighted by molar-refractivity contribution is 5.76. The van der Waals surface area contributed by atoms with Crippen molar-refractivity contribution < 1.29 is 24.5 Å². The highest BCUT2D eigenvalue weighted by Crippen LogP contribution is 2.21. The van der Waals surface area contributed by atoms with Gasteiger partial charge in [-0.2, -0.15) is 0 Å². The molecule has 90 heavy (non-hydrogen) atoms. The third kappa shape index (κ3) is 75.6. The Morgan fingerprint density at radius 3 is 0.756 bits per heavy atom. The third-order valence-corrected chi connectivity index (χ3v) is 20.1. The van der Waals surface area contributed by atoms with Crippen molar-refractivity contribution in [2.24, 2.45) is 0 Å². The number of nitrogens with one attached hydrogen (secondary N) is 1. The topological polar surface area (TPSA) is 95.9 Å². The first-order valence-electron chi connectivity index (χ1n) is 42.0. The second kappa shape index (κ2) is 80.0. The predicted octanol–water partition coefficient (Wildman–Crippen LogP) is 27.8. The minimum atomic E-state index is -0.840. The summed E-state index contributed by atoms with van der Waals surface area (Å²) in [7, 11) is 0. The average molecular weight is 1270 g/mol. The molecule has 0 heterocycles. The highest BCUT2D eigenvalue weighted by atomic mass is 16.5. The molecule has 0 saturated carbocycles. The number of amides is 1. The van der Waals surface area contributed by atoms with E-state index in [-0.39, 0.29) is 18.5 Å². The van der Waals surface area contributed by atoms with Crippen molar-refractivity contribution in [3.05, 3.63) is 12.2 Å². The summed E-state index contributed by atoms with van der Waals surface area (Å²) >= 11 is 0. The van der Waals surface area contributed by atoms with E-state index >= 15 is 0 Å². The number of aliphatic hydroxyl groups is 2. The number of hydrogen-bond donors (Lipinski definition) is 3. The van der Waals surface area contributed by atoms with Crippen LogP contribution in [-0.4, -0.2) is 47.4 Å². The van der Waals surface area contributed by atoms with E-state index in [0.29, 0.717) is 19.4 Å². The largest absolute Gasteiger partial charge is 0.466 e. The van der Waals surface area contributed by atoms with Crippen molar-refractivity contribution in [1.29, 1.82) is 0 Å². The molecular weight excluding hydrogens is 1100 g/mol. The van der Waals surface area contributed by atoms with Gasteiger partial charge in [0.25, 0.3) is 0 Å². The fourth-order valence-electron chi connectivity index (χ4n) is 13.7. The SMILES string of the molecule is CCCCCCCCCCCCCCCCCC/C=C/C(O)C(CO)NC(=O)CCCCCCCCCCCCCCCCCCCCCCCCCCCCCCCCCCCCCCCOC(=O)CCCCCCCCCCCCCCCCCCCC. The second-order valence-corrected chi connectivity index (χ2v) is 29.2. The van der Waals surface area contributed by atoms with Crippen LogP contribution in [0.1, 0.15) is 489 Å². The zero-order valence-corrected chi connectivity index (χ0v) is 61.7. The molecule has 0 aromatic carbocycles. The summed E-state index contributed by atoms with van der Waals surface area (Å²) < 4.78 is 5.52. The van der Waals surface area contributed by atoms with Crippen molar-refractivity contribution in [2.45, 2.75) is 501 Å². The van der Waals surface area contributed by atoms with Gasteiger partial charge in [-0.25, -0.2) is 0 Å². The van der Waals surface area contributed by atoms with Crippen LogP contribution in [0, 0.1) is 0 Å². The lowest BCUT2D eigenvalue weighted by molar-refractivity contribution is -0.143. The van der Waals surface area contributed by atoms with E-state index in [4.69, 9.17) is 4.74 Å². The van der Waals surface area contributed by atoms with Gasteiger partial charge in [0.15, 0.2) is 0 Å². The maximum absolute atomic E-state index is 12.5. The van der Waals surface area contributed by atoms with E-state index in [2.05, 4.69) is 19.2 Å². The highest BCUT2D eigenvalue weighted by Gasteiger charge is 2.18. The molecule has 0 aliphatic rings. The second-order valence-electron chi connectivity index (χ2n) is 29.2. The Bertz CT molecular complexity index is 1370. The average Bonchev–Trinajstić information content (AvgIpc) is 3.69. The minimum Gasteiger partial charge on any atom is -0.466 e. The van der Waals surface area contributed by atoms with E-state index in [1.165, 1.54) is 424 Å². The number of carbonyl (C=O) groups excluding carboxylic acids is 2. The number of carbonyl (C=O) groups is 2. The van der Waals surface area contributed by atoms with Gasteiger partial charge < -0.3 is 20.3 Å².